The lowest BCUT2D eigenvalue weighted by atomic mass is 10.2. The van der Waals surface area contributed by atoms with Gasteiger partial charge in [0.25, 0.3) is 5.91 Å². The van der Waals surface area contributed by atoms with E-state index in [4.69, 9.17) is 0 Å². The number of phenols is 1. The molecule has 1 amide bonds. The molecule has 24 heavy (non-hydrogen) atoms. The number of para-hydroxylation sites is 1. The van der Waals surface area contributed by atoms with Gasteiger partial charge in [0.05, 0.1) is 5.52 Å². The highest BCUT2D eigenvalue weighted by molar-refractivity contribution is 9.10. The lowest BCUT2D eigenvalue weighted by molar-refractivity contribution is 0.0955. The molecule has 0 saturated heterocycles. The molecule has 1 heterocycles. The average molecular weight is 386 g/mol. The molecule has 3 rings (SSSR count). The molecule has 1 aromatic heterocycles. The number of hydrogen-bond donors (Lipinski definition) is 3. The van der Waals surface area contributed by atoms with Crippen molar-refractivity contribution >= 4 is 38.6 Å². The lowest BCUT2D eigenvalue weighted by Crippen LogP contribution is -2.28. The smallest absolute Gasteiger partial charge is 0.251 e. The first-order valence-corrected chi connectivity index (χ1v) is 8.29. The summed E-state index contributed by atoms with van der Waals surface area (Å²) in [7, 11) is 0. The maximum absolute atomic E-state index is 11.9. The van der Waals surface area contributed by atoms with Crippen LogP contribution in [0, 0.1) is 0 Å². The Labute approximate surface area is 147 Å². The van der Waals surface area contributed by atoms with Gasteiger partial charge >= 0.3 is 0 Å². The monoisotopic (exact) mass is 385 g/mol. The molecule has 0 saturated carbocycles. The molecule has 0 atom stereocenters. The van der Waals surface area contributed by atoms with Crippen molar-refractivity contribution in [2.75, 3.05) is 18.4 Å². The van der Waals surface area contributed by atoms with Crippen LogP contribution in [0.1, 0.15) is 10.4 Å². The Morgan fingerprint density at radius 2 is 1.83 bits per heavy atom. The fourth-order valence-electron chi connectivity index (χ4n) is 2.29. The van der Waals surface area contributed by atoms with Gasteiger partial charge in [0.1, 0.15) is 11.6 Å². The number of hydrogen-bond acceptors (Lipinski definition) is 4. The van der Waals surface area contributed by atoms with Gasteiger partial charge in [-0.05, 0) is 58.4 Å². The summed E-state index contributed by atoms with van der Waals surface area (Å²) in [5.74, 6) is 0.723. The number of carbonyl (C=O) groups is 1. The first kappa shape index (κ1) is 16.3. The molecule has 0 aliphatic rings. The highest BCUT2D eigenvalue weighted by Crippen LogP contribution is 2.23. The Morgan fingerprint density at radius 3 is 2.62 bits per heavy atom. The fraction of sp³-hybridized carbons (Fsp3) is 0.111. The van der Waals surface area contributed by atoms with Crippen molar-refractivity contribution in [2.24, 2.45) is 0 Å². The fourth-order valence-corrected chi connectivity index (χ4v) is 2.76. The van der Waals surface area contributed by atoms with E-state index in [1.807, 2.05) is 30.3 Å². The van der Waals surface area contributed by atoms with Crippen molar-refractivity contribution in [2.45, 2.75) is 0 Å². The van der Waals surface area contributed by atoms with Gasteiger partial charge in [-0.2, -0.15) is 0 Å². The van der Waals surface area contributed by atoms with Gasteiger partial charge in [-0.3, -0.25) is 4.79 Å². The van der Waals surface area contributed by atoms with E-state index >= 15 is 0 Å². The van der Waals surface area contributed by atoms with Crippen molar-refractivity contribution in [3.63, 3.8) is 0 Å². The minimum Gasteiger partial charge on any atom is -0.508 e. The number of amides is 1. The number of aromatic hydroxyl groups is 1. The van der Waals surface area contributed by atoms with Gasteiger partial charge in [0.15, 0.2) is 0 Å². The van der Waals surface area contributed by atoms with Crippen molar-refractivity contribution in [1.29, 1.82) is 0 Å². The quantitative estimate of drug-likeness (QED) is 0.587. The number of aromatic nitrogens is 1. The van der Waals surface area contributed by atoms with Gasteiger partial charge in [0.2, 0.25) is 0 Å². The molecule has 0 fully saturated rings. The van der Waals surface area contributed by atoms with Crippen LogP contribution in [-0.4, -0.2) is 29.1 Å². The summed E-state index contributed by atoms with van der Waals surface area (Å²) < 4.78 is 0.948. The summed E-state index contributed by atoms with van der Waals surface area (Å²) in [6.07, 6.45) is 0. The van der Waals surface area contributed by atoms with Crippen molar-refractivity contribution in [3.8, 4) is 5.75 Å². The predicted octanol–water partition coefficient (Wildman–Crippen LogP) is 3.54. The molecule has 0 aliphatic carbocycles. The standard InChI is InChI=1S/C18H16BrN3O2/c19-15-3-1-2-12-6-9-16(22-17(12)15)20-10-11-21-18(24)13-4-7-14(23)8-5-13/h1-9,23H,10-11H2,(H,20,22)(H,21,24). The summed E-state index contributed by atoms with van der Waals surface area (Å²) in [6, 6.07) is 16.0. The molecule has 122 valence electrons. The van der Waals surface area contributed by atoms with E-state index in [2.05, 4.69) is 31.5 Å². The van der Waals surface area contributed by atoms with E-state index in [-0.39, 0.29) is 11.7 Å². The average Bonchev–Trinajstić information content (AvgIpc) is 2.60. The third-order valence-electron chi connectivity index (χ3n) is 3.52. The second kappa shape index (κ2) is 7.31. The normalized spacial score (nSPS) is 10.5. The van der Waals surface area contributed by atoms with Gasteiger partial charge in [-0.1, -0.05) is 12.1 Å². The minimum atomic E-state index is -0.175. The first-order chi connectivity index (χ1) is 11.6. The molecule has 3 aromatic rings. The number of benzene rings is 2. The summed E-state index contributed by atoms with van der Waals surface area (Å²) in [5, 5.41) is 16.3. The SMILES string of the molecule is O=C(NCCNc1ccc2cccc(Br)c2n1)c1ccc(O)cc1. The molecule has 0 spiro atoms. The zero-order valence-corrected chi connectivity index (χ0v) is 14.4. The van der Waals surface area contributed by atoms with Crippen LogP contribution in [0.3, 0.4) is 0 Å². The Bertz CT molecular complexity index is 866. The van der Waals surface area contributed by atoms with Crippen LogP contribution >= 0.6 is 15.9 Å². The largest absolute Gasteiger partial charge is 0.508 e. The van der Waals surface area contributed by atoms with Crippen LogP contribution in [0.5, 0.6) is 5.75 Å². The third kappa shape index (κ3) is 3.83. The van der Waals surface area contributed by atoms with E-state index in [0.717, 1.165) is 21.2 Å². The predicted molar refractivity (Wildman–Crippen MR) is 98.4 cm³/mol. The van der Waals surface area contributed by atoms with E-state index in [1.165, 1.54) is 12.1 Å². The number of fused-ring (bicyclic) bond motifs is 1. The molecule has 3 N–H and O–H groups in total. The lowest BCUT2D eigenvalue weighted by Gasteiger charge is -2.09. The maximum atomic E-state index is 11.9. The number of rotatable bonds is 5. The summed E-state index contributed by atoms with van der Waals surface area (Å²) in [6.45, 7) is 1.03. The van der Waals surface area contributed by atoms with Crippen LogP contribution in [0.2, 0.25) is 0 Å². The van der Waals surface area contributed by atoms with Crippen LogP contribution in [0.15, 0.2) is 59.1 Å². The van der Waals surface area contributed by atoms with Crippen LogP contribution in [0.4, 0.5) is 5.82 Å². The number of nitrogens with zero attached hydrogens (tertiary/aromatic N) is 1. The summed E-state index contributed by atoms with van der Waals surface area (Å²) in [5.41, 5.74) is 1.41. The number of phenolic OH excluding ortho intramolecular Hbond substituents is 1. The number of pyridine rings is 1. The van der Waals surface area contributed by atoms with Gasteiger partial charge in [-0.15, -0.1) is 0 Å². The molecule has 5 nitrogen and oxygen atoms in total. The van der Waals surface area contributed by atoms with E-state index in [0.29, 0.717) is 18.7 Å². The molecule has 0 bridgehead atoms. The van der Waals surface area contributed by atoms with Gasteiger partial charge in [-0.25, -0.2) is 4.98 Å². The van der Waals surface area contributed by atoms with Crippen molar-refractivity contribution in [1.82, 2.24) is 10.3 Å². The first-order valence-electron chi connectivity index (χ1n) is 7.50. The molecule has 0 unspecified atom stereocenters. The third-order valence-corrected chi connectivity index (χ3v) is 4.16. The maximum Gasteiger partial charge on any atom is 0.251 e. The highest BCUT2D eigenvalue weighted by Gasteiger charge is 2.05. The van der Waals surface area contributed by atoms with Crippen molar-refractivity contribution < 1.29 is 9.90 Å². The van der Waals surface area contributed by atoms with Crippen LogP contribution in [-0.2, 0) is 0 Å². The van der Waals surface area contributed by atoms with Gasteiger partial charge < -0.3 is 15.7 Å². The molecule has 0 aliphatic heterocycles. The van der Waals surface area contributed by atoms with Crippen LogP contribution < -0.4 is 10.6 Å². The Kier molecular flexibility index (Phi) is 4.96. The van der Waals surface area contributed by atoms with E-state index in [9.17, 15) is 9.90 Å². The molecule has 2 aromatic carbocycles. The highest BCUT2D eigenvalue weighted by atomic mass is 79.9. The topological polar surface area (TPSA) is 74.2 Å². The second-order valence-electron chi connectivity index (χ2n) is 5.24. The number of halogens is 1. The van der Waals surface area contributed by atoms with E-state index < -0.39 is 0 Å². The number of carbonyl (C=O) groups excluding carboxylic acids is 1. The molecule has 6 heteroatoms. The molecule has 0 radical (unpaired) electrons. The van der Waals surface area contributed by atoms with Gasteiger partial charge in [0, 0.05) is 28.5 Å². The van der Waals surface area contributed by atoms with Crippen LogP contribution in [0.25, 0.3) is 10.9 Å². The second-order valence-corrected chi connectivity index (χ2v) is 6.09. The molecular formula is C18H16BrN3O2. The summed E-state index contributed by atoms with van der Waals surface area (Å²) >= 11 is 3.50. The zero-order chi connectivity index (χ0) is 16.9. The Morgan fingerprint density at radius 1 is 1.04 bits per heavy atom. The minimum absolute atomic E-state index is 0.141. The number of nitrogens with one attached hydrogen (secondary N) is 2. The van der Waals surface area contributed by atoms with Crippen molar-refractivity contribution in [3.05, 3.63) is 64.6 Å². The zero-order valence-electron chi connectivity index (χ0n) is 12.8. The Hall–Kier alpha value is -2.60. The number of anilines is 1. The Balaban J connectivity index is 1.54. The summed E-state index contributed by atoms with van der Waals surface area (Å²) in [4.78, 5) is 16.5. The molecular weight excluding hydrogens is 370 g/mol. The van der Waals surface area contributed by atoms with E-state index in [1.54, 1.807) is 12.1 Å².